The number of carbonyl (C=O) groups excluding carboxylic acids is 1. The molecule has 1 atom stereocenters. The lowest BCUT2D eigenvalue weighted by atomic mass is 9.97. The molecular formula is C35H40Cl2N4O. The van der Waals surface area contributed by atoms with Crippen LogP contribution in [0.4, 0.5) is 0 Å². The number of aromatic nitrogens is 2. The summed E-state index contributed by atoms with van der Waals surface area (Å²) >= 11 is 12.8. The molecule has 0 radical (unpaired) electrons. The zero-order chi connectivity index (χ0) is 29.3. The minimum atomic E-state index is -0.268. The van der Waals surface area contributed by atoms with Gasteiger partial charge in [0.1, 0.15) is 5.82 Å². The predicted molar refractivity (Wildman–Crippen MR) is 175 cm³/mol. The van der Waals surface area contributed by atoms with Crippen molar-refractivity contribution >= 4 is 46.2 Å². The number of hydrogen-bond acceptors (Lipinski definition) is 3. The van der Waals surface area contributed by atoms with Crippen molar-refractivity contribution in [3.63, 3.8) is 0 Å². The van der Waals surface area contributed by atoms with Crippen molar-refractivity contribution in [2.75, 3.05) is 19.6 Å². The number of unbranched alkanes of at least 4 members (excludes halogenated alkanes) is 2. The molecule has 1 aromatic heterocycles. The van der Waals surface area contributed by atoms with Crippen molar-refractivity contribution < 1.29 is 4.79 Å². The van der Waals surface area contributed by atoms with Crippen molar-refractivity contribution in [1.82, 2.24) is 19.8 Å². The maximum atomic E-state index is 14.1. The van der Waals surface area contributed by atoms with Gasteiger partial charge < -0.3 is 9.88 Å². The third kappa shape index (κ3) is 7.63. The highest BCUT2D eigenvalue weighted by Gasteiger charge is 2.28. The predicted octanol–water partition coefficient (Wildman–Crippen LogP) is 8.87. The Balaban J connectivity index is 1.51. The van der Waals surface area contributed by atoms with Crippen LogP contribution in [0.3, 0.4) is 0 Å². The second-order valence-corrected chi connectivity index (χ2v) is 12.0. The monoisotopic (exact) mass is 602 g/mol. The molecule has 1 amide bonds. The van der Waals surface area contributed by atoms with Crippen molar-refractivity contribution in [3.8, 4) is 0 Å². The van der Waals surface area contributed by atoms with Crippen LogP contribution in [0.25, 0.3) is 17.1 Å². The first-order valence-corrected chi connectivity index (χ1v) is 16.0. The largest absolute Gasteiger partial charge is 0.340 e. The molecule has 5 rings (SSSR count). The highest BCUT2D eigenvalue weighted by atomic mass is 35.5. The second-order valence-electron chi connectivity index (χ2n) is 11.2. The molecular weight excluding hydrogens is 563 g/mol. The number of para-hydroxylation sites is 2. The Hall–Kier alpha value is -3.12. The van der Waals surface area contributed by atoms with Gasteiger partial charge in [-0.15, -0.1) is 0 Å². The molecule has 220 valence electrons. The standard InChI is InChI=1S/C35H40Cl2N4O/c1-2-3-9-23-41(34(42)20-19-28-29(36)15-12-16-30(28)37)33(35-38-31-17-7-8-18-32(31)39-35)24-26-13-5-6-14-27(26)25-40-21-10-4-11-22-40/h5-8,12-20,33H,2-4,9-11,21-25H2,1H3,(H,38,39). The lowest BCUT2D eigenvalue weighted by molar-refractivity contribution is -0.128. The van der Waals surface area contributed by atoms with E-state index in [4.69, 9.17) is 28.2 Å². The number of halogens is 2. The van der Waals surface area contributed by atoms with E-state index >= 15 is 0 Å². The topological polar surface area (TPSA) is 52.2 Å². The smallest absolute Gasteiger partial charge is 0.247 e. The first kappa shape index (κ1) is 30.3. The Kier molecular flexibility index (Phi) is 10.7. The summed E-state index contributed by atoms with van der Waals surface area (Å²) in [6.07, 6.45) is 10.9. The number of fused-ring (bicyclic) bond motifs is 1. The van der Waals surface area contributed by atoms with Crippen LogP contribution < -0.4 is 0 Å². The van der Waals surface area contributed by atoms with E-state index in [9.17, 15) is 4.79 Å². The highest BCUT2D eigenvalue weighted by Crippen LogP contribution is 2.30. The van der Waals surface area contributed by atoms with Crippen molar-refractivity contribution in [3.05, 3.63) is 105 Å². The first-order valence-electron chi connectivity index (χ1n) is 15.2. The van der Waals surface area contributed by atoms with Crippen LogP contribution in [0.5, 0.6) is 0 Å². The van der Waals surface area contributed by atoms with Gasteiger partial charge in [-0.2, -0.15) is 0 Å². The number of benzene rings is 3. The highest BCUT2D eigenvalue weighted by molar-refractivity contribution is 6.37. The number of nitrogens with one attached hydrogen (secondary N) is 1. The number of H-pyrrole nitrogens is 1. The van der Waals surface area contributed by atoms with E-state index in [-0.39, 0.29) is 11.9 Å². The SMILES string of the molecule is CCCCCN(C(=O)C=Cc1c(Cl)cccc1Cl)C(Cc1ccccc1CN1CCCCC1)c1nc2ccccc2[nH]1. The molecule has 1 aliphatic rings. The number of amides is 1. The van der Waals surface area contributed by atoms with Crippen molar-refractivity contribution in [2.45, 2.75) is 64.5 Å². The van der Waals surface area contributed by atoms with E-state index in [1.54, 1.807) is 30.4 Å². The number of imidazole rings is 1. The Morgan fingerprint density at radius 2 is 1.67 bits per heavy atom. The molecule has 1 saturated heterocycles. The molecule has 0 saturated carbocycles. The number of likely N-dealkylation sites (tertiary alicyclic amines) is 1. The van der Waals surface area contributed by atoms with Crippen LogP contribution in [0.2, 0.25) is 10.0 Å². The van der Waals surface area contributed by atoms with Crippen LogP contribution in [0, 0.1) is 0 Å². The molecule has 1 aliphatic heterocycles. The summed E-state index contributed by atoms with van der Waals surface area (Å²) in [7, 11) is 0. The van der Waals surface area contributed by atoms with E-state index < -0.39 is 0 Å². The molecule has 4 aromatic rings. The molecule has 0 spiro atoms. The molecule has 0 aliphatic carbocycles. The van der Waals surface area contributed by atoms with Gasteiger partial charge in [0.25, 0.3) is 0 Å². The molecule has 7 heteroatoms. The normalized spacial score (nSPS) is 14.9. The van der Waals surface area contributed by atoms with E-state index in [0.717, 1.165) is 55.8 Å². The van der Waals surface area contributed by atoms with Gasteiger partial charge in [0, 0.05) is 41.2 Å². The maximum Gasteiger partial charge on any atom is 0.247 e. The summed E-state index contributed by atoms with van der Waals surface area (Å²) in [6.45, 7) is 6.01. The number of hydrogen-bond donors (Lipinski definition) is 1. The van der Waals surface area contributed by atoms with Gasteiger partial charge >= 0.3 is 0 Å². The maximum absolute atomic E-state index is 14.1. The zero-order valence-electron chi connectivity index (χ0n) is 24.4. The van der Waals surface area contributed by atoms with Crippen molar-refractivity contribution in [1.29, 1.82) is 0 Å². The third-order valence-electron chi connectivity index (χ3n) is 8.15. The van der Waals surface area contributed by atoms with Crippen LogP contribution >= 0.6 is 23.2 Å². The van der Waals surface area contributed by atoms with Gasteiger partial charge in [-0.1, -0.05) is 91.9 Å². The van der Waals surface area contributed by atoms with Gasteiger partial charge in [0.05, 0.1) is 17.1 Å². The first-order chi connectivity index (χ1) is 20.5. The van der Waals surface area contributed by atoms with Crippen molar-refractivity contribution in [2.24, 2.45) is 0 Å². The number of piperidine rings is 1. The van der Waals surface area contributed by atoms with Gasteiger partial charge in [0.15, 0.2) is 0 Å². The zero-order valence-corrected chi connectivity index (χ0v) is 25.9. The fourth-order valence-electron chi connectivity index (χ4n) is 5.83. The summed E-state index contributed by atoms with van der Waals surface area (Å²) in [4.78, 5) is 27.2. The van der Waals surface area contributed by atoms with Crippen LogP contribution in [0.1, 0.15) is 74.0 Å². The summed E-state index contributed by atoms with van der Waals surface area (Å²) in [5.41, 5.74) is 5.09. The minimum absolute atomic E-state index is 0.0824. The fraction of sp³-hybridized carbons (Fsp3) is 0.371. The average Bonchev–Trinajstić information content (AvgIpc) is 3.44. The summed E-state index contributed by atoms with van der Waals surface area (Å²) in [5, 5.41) is 1.04. The Labute approximate surface area is 259 Å². The van der Waals surface area contributed by atoms with Crippen LogP contribution in [-0.2, 0) is 17.8 Å². The lowest BCUT2D eigenvalue weighted by Crippen LogP contribution is -2.37. The number of aromatic amines is 1. The van der Waals surface area contributed by atoms with Gasteiger partial charge in [0.2, 0.25) is 5.91 Å². The van der Waals surface area contributed by atoms with E-state index in [0.29, 0.717) is 28.6 Å². The molecule has 5 nitrogen and oxygen atoms in total. The average molecular weight is 604 g/mol. The van der Waals surface area contributed by atoms with E-state index in [2.05, 4.69) is 41.1 Å². The van der Waals surface area contributed by atoms with Gasteiger partial charge in [-0.25, -0.2) is 4.98 Å². The quantitative estimate of drug-likeness (QED) is 0.130. The molecule has 2 heterocycles. The molecule has 3 aromatic carbocycles. The Morgan fingerprint density at radius 1 is 0.952 bits per heavy atom. The third-order valence-corrected chi connectivity index (χ3v) is 8.81. The van der Waals surface area contributed by atoms with E-state index in [1.165, 1.54) is 30.4 Å². The molecule has 1 fully saturated rings. The molecule has 1 unspecified atom stereocenters. The molecule has 1 N–H and O–H groups in total. The van der Waals surface area contributed by atoms with Gasteiger partial charge in [-0.05, 0) is 73.8 Å². The Bertz CT molecular complexity index is 1450. The summed E-state index contributed by atoms with van der Waals surface area (Å²) in [6, 6.07) is 21.8. The van der Waals surface area contributed by atoms with Gasteiger partial charge in [-0.3, -0.25) is 9.69 Å². The molecule has 42 heavy (non-hydrogen) atoms. The lowest BCUT2D eigenvalue weighted by Gasteiger charge is -2.32. The van der Waals surface area contributed by atoms with E-state index in [1.807, 2.05) is 29.2 Å². The fourth-order valence-corrected chi connectivity index (χ4v) is 6.36. The minimum Gasteiger partial charge on any atom is -0.340 e. The Morgan fingerprint density at radius 3 is 2.40 bits per heavy atom. The number of nitrogens with zero attached hydrogens (tertiary/aromatic N) is 3. The number of carbonyl (C=O) groups is 1. The number of rotatable bonds is 12. The molecule has 0 bridgehead atoms. The van der Waals surface area contributed by atoms with Crippen LogP contribution in [0.15, 0.2) is 72.8 Å². The summed E-state index contributed by atoms with van der Waals surface area (Å²) in [5.74, 6) is 0.721. The second kappa shape index (κ2) is 14.9. The summed E-state index contributed by atoms with van der Waals surface area (Å²) < 4.78 is 0. The van der Waals surface area contributed by atoms with Crippen LogP contribution in [-0.4, -0.2) is 45.3 Å².